The molecule has 0 bridgehead atoms. The highest BCUT2D eigenvalue weighted by molar-refractivity contribution is 5.94. The minimum absolute atomic E-state index is 0.0279. The molecule has 2 atom stereocenters. The fourth-order valence-corrected chi connectivity index (χ4v) is 3.13. The number of hydrogen-bond donors (Lipinski definition) is 1. The molecule has 0 spiro atoms. The van der Waals surface area contributed by atoms with Crippen LogP contribution in [-0.4, -0.2) is 45.3 Å². The third-order valence-electron chi connectivity index (χ3n) is 4.54. The molecule has 1 aliphatic heterocycles. The van der Waals surface area contributed by atoms with Gasteiger partial charge in [-0.3, -0.25) is 9.59 Å². The maximum absolute atomic E-state index is 12.6. The van der Waals surface area contributed by atoms with Crippen molar-refractivity contribution in [3.63, 3.8) is 0 Å². The van der Waals surface area contributed by atoms with Crippen molar-refractivity contribution < 1.29 is 9.59 Å². The van der Waals surface area contributed by atoms with E-state index in [0.717, 1.165) is 18.4 Å². The summed E-state index contributed by atoms with van der Waals surface area (Å²) in [6.45, 7) is 2.58. The minimum atomic E-state index is -0.0935. The van der Waals surface area contributed by atoms with E-state index in [0.29, 0.717) is 12.1 Å². The zero-order valence-electron chi connectivity index (χ0n) is 14.3. The third-order valence-corrected chi connectivity index (χ3v) is 4.54. The average molecular weight is 338 g/mol. The van der Waals surface area contributed by atoms with Gasteiger partial charge in [-0.1, -0.05) is 18.2 Å². The van der Waals surface area contributed by atoms with Gasteiger partial charge in [0, 0.05) is 36.6 Å². The van der Waals surface area contributed by atoms with Crippen molar-refractivity contribution in [2.24, 2.45) is 0 Å². The van der Waals surface area contributed by atoms with E-state index in [1.807, 2.05) is 23.1 Å². The molecule has 6 heteroatoms. The highest BCUT2D eigenvalue weighted by Gasteiger charge is 2.29. The Morgan fingerprint density at radius 2 is 1.88 bits per heavy atom. The molecule has 25 heavy (non-hydrogen) atoms. The number of carbonyl (C=O) groups is 2. The van der Waals surface area contributed by atoms with E-state index in [1.165, 1.54) is 6.33 Å². The highest BCUT2D eigenvalue weighted by Crippen LogP contribution is 2.19. The molecule has 1 aromatic heterocycles. The second kappa shape index (κ2) is 7.88. The predicted octanol–water partition coefficient (Wildman–Crippen LogP) is 1.83. The topological polar surface area (TPSA) is 75.2 Å². The van der Waals surface area contributed by atoms with Crippen LogP contribution in [0.5, 0.6) is 0 Å². The van der Waals surface area contributed by atoms with E-state index in [1.54, 1.807) is 24.5 Å². The van der Waals surface area contributed by atoms with Gasteiger partial charge in [-0.15, -0.1) is 0 Å². The second-order valence-electron chi connectivity index (χ2n) is 6.43. The van der Waals surface area contributed by atoms with E-state index in [2.05, 4.69) is 22.2 Å². The van der Waals surface area contributed by atoms with Crippen molar-refractivity contribution in [1.29, 1.82) is 0 Å². The van der Waals surface area contributed by atoms with Crippen LogP contribution in [-0.2, 0) is 11.2 Å². The van der Waals surface area contributed by atoms with Gasteiger partial charge in [-0.2, -0.15) is 0 Å². The van der Waals surface area contributed by atoms with Crippen LogP contribution in [0.25, 0.3) is 0 Å². The Hall–Kier alpha value is -2.76. The molecular formula is C19H22N4O2. The molecule has 2 unspecified atom stereocenters. The van der Waals surface area contributed by atoms with Crippen LogP contribution in [0.15, 0.2) is 49.1 Å². The molecule has 2 amide bonds. The molecule has 3 rings (SSSR count). The second-order valence-corrected chi connectivity index (χ2v) is 6.43. The zero-order valence-corrected chi connectivity index (χ0v) is 14.3. The molecular weight excluding hydrogens is 316 g/mol. The summed E-state index contributed by atoms with van der Waals surface area (Å²) in [6.07, 6.45) is 6.80. The highest BCUT2D eigenvalue weighted by atomic mass is 16.2. The lowest BCUT2D eigenvalue weighted by Gasteiger charge is -2.38. The van der Waals surface area contributed by atoms with Crippen LogP contribution in [0.2, 0.25) is 0 Å². The van der Waals surface area contributed by atoms with Gasteiger partial charge in [0.25, 0.3) is 5.91 Å². The van der Waals surface area contributed by atoms with Crippen molar-refractivity contribution in [2.75, 3.05) is 6.54 Å². The summed E-state index contributed by atoms with van der Waals surface area (Å²) < 4.78 is 0. The number of amides is 2. The van der Waals surface area contributed by atoms with Crippen LogP contribution in [0.1, 0.15) is 35.7 Å². The van der Waals surface area contributed by atoms with Gasteiger partial charge in [0.15, 0.2) is 0 Å². The maximum atomic E-state index is 12.6. The molecule has 1 N–H and O–H groups in total. The van der Waals surface area contributed by atoms with Crippen LogP contribution < -0.4 is 5.32 Å². The minimum Gasteiger partial charge on any atom is -0.348 e. The molecule has 0 radical (unpaired) electrons. The van der Waals surface area contributed by atoms with Crippen molar-refractivity contribution in [1.82, 2.24) is 20.2 Å². The molecule has 130 valence electrons. The summed E-state index contributed by atoms with van der Waals surface area (Å²) in [5.74, 6) is -0.0510. The van der Waals surface area contributed by atoms with Gasteiger partial charge in [-0.05, 0) is 37.5 Å². The number of aromatic nitrogens is 2. The van der Waals surface area contributed by atoms with Crippen molar-refractivity contribution >= 4 is 11.8 Å². The smallest absolute Gasteiger partial charge is 0.251 e. The van der Waals surface area contributed by atoms with Crippen LogP contribution >= 0.6 is 0 Å². The van der Waals surface area contributed by atoms with Gasteiger partial charge < -0.3 is 10.2 Å². The summed E-state index contributed by atoms with van der Waals surface area (Å²) in [5.41, 5.74) is 1.44. The van der Waals surface area contributed by atoms with Gasteiger partial charge >= 0.3 is 0 Å². The van der Waals surface area contributed by atoms with E-state index in [9.17, 15) is 9.59 Å². The number of rotatable bonds is 4. The molecule has 1 aromatic carbocycles. The molecule has 2 aromatic rings. The Balaban J connectivity index is 1.61. The van der Waals surface area contributed by atoms with Gasteiger partial charge in [0.05, 0.1) is 6.42 Å². The molecule has 1 fully saturated rings. The lowest BCUT2D eigenvalue weighted by molar-refractivity contribution is -0.134. The summed E-state index contributed by atoms with van der Waals surface area (Å²) >= 11 is 0. The largest absolute Gasteiger partial charge is 0.348 e. The predicted molar refractivity (Wildman–Crippen MR) is 93.8 cm³/mol. The monoisotopic (exact) mass is 338 g/mol. The first-order chi connectivity index (χ1) is 12.1. The quantitative estimate of drug-likeness (QED) is 0.923. The number of carbonyl (C=O) groups excluding carboxylic acids is 2. The lowest BCUT2D eigenvalue weighted by Crippen LogP contribution is -2.53. The Morgan fingerprint density at radius 3 is 2.60 bits per heavy atom. The van der Waals surface area contributed by atoms with Crippen LogP contribution in [0.3, 0.4) is 0 Å². The first-order valence-corrected chi connectivity index (χ1v) is 8.52. The first kappa shape index (κ1) is 17.1. The molecule has 1 aliphatic rings. The Morgan fingerprint density at radius 1 is 1.16 bits per heavy atom. The number of likely N-dealkylation sites (tertiary alicyclic amines) is 1. The van der Waals surface area contributed by atoms with Gasteiger partial charge in [0.1, 0.15) is 6.33 Å². The molecule has 2 heterocycles. The fraction of sp³-hybridized carbons (Fsp3) is 0.368. The van der Waals surface area contributed by atoms with Crippen LogP contribution in [0.4, 0.5) is 0 Å². The fourth-order valence-electron chi connectivity index (χ4n) is 3.13. The number of nitrogens with one attached hydrogen (secondary N) is 1. The van der Waals surface area contributed by atoms with Gasteiger partial charge in [-0.25, -0.2) is 9.97 Å². The van der Waals surface area contributed by atoms with Crippen molar-refractivity contribution in [2.45, 2.75) is 38.3 Å². The molecule has 0 aliphatic carbocycles. The third kappa shape index (κ3) is 4.41. The summed E-state index contributed by atoms with van der Waals surface area (Å²) in [4.78, 5) is 34.7. The van der Waals surface area contributed by atoms with Crippen molar-refractivity contribution in [3.05, 3.63) is 60.2 Å². The number of hydrogen-bond acceptors (Lipinski definition) is 4. The van der Waals surface area contributed by atoms with E-state index in [4.69, 9.17) is 0 Å². The Bertz CT molecular complexity index is 721. The SMILES string of the molecule is CC1CCC(NC(=O)c2ccccc2)CN1C(=O)Cc1cncnc1. The normalized spacial score (nSPS) is 20.1. The number of piperidine rings is 1. The molecule has 6 nitrogen and oxygen atoms in total. The molecule has 0 saturated carbocycles. The Kier molecular flexibility index (Phi) is 5.38. The summed E-state index contributed by atoms with van der Waals surface area (Å²) in [6, 6.07) is 9.29. The van der Waals surface area contributed by atoms with Crippen molar-refractivity contribution in [3.8, 4) is 0 Å². The zero-order chi connectivity index (χ0) is 17.6. The standard InChI is InChI=1S/C19H22N4O2/c1-14-7-8-17(22-19(25)16-5-3-2-4-6-16)12-23(14)18(24)9-15-10-20-13-21-11-15/h2-6,10-11,13-14,17H,7-9,12H2,1H3,(H,22,25). The van der Waals surface area contributed by atoms with Crippen LogP contribution in [0, 0.1) is 0 Å². The van der Waals surface area contributed by atoms with Gasteiger partial charge in [0.2, 0.25) is 5.91 Å². The average Bonchev–Trinajstić information content (AvgIpc) is 2.64. The van der Waals surface area contributed by atoms with E-state index >= 15 is 0 Å². The summed E-state index contributed by atoms with van der Waals surface area (Å²) in [7, 11) is 0. The maximum Gasteiger partial charge on any atom is 0.251 e. The summed E-state index contributed by atoms with van der Waals surface area (Å²) in [5, 5.41) is 3.05. The molecule has 1 saturated heterocycles. The first-order valence-electron chi connectivity index (χ1n) is 8.52. The number of nitrogens with zero attached hydrogens (tertiary/aromatic N) is 3. The Labute approximate surface area is 147 Å². The van der Waals surface area contributed by atoms with E-state index in [-0.39, 0.29) is 30.3 Å². The van der Waals surface area contributed by atoms with E-state index < -0.39 is 0 Å². The lowest BCUT2D eigenvalue weighted by atomic mass is 9.98. The number of benzene rings is 1.